The fraction of sp³-hybridized carbons (Fsp3) is 0.250. The molecule has 1 aromatic heterocycles. The predicted molar refractivity (Wildman–Crippen MR) is 84.0 cm³/mol. The molecule has 1 heterocycles. The zero-order valence-corrected chi connectivity index (χ0v) is 12.5. The molecule has 3 rings (SSSR count). The summed E-state index contributed by atoms with van der Waals surface area (Å²) in [6.45, 7) is 1.94. The molecule has 0 radical (unpaired) electrons. The van der Waals surface area contributed by atoms with E-state index in [1.807, 2.05) is 25.1 Å². The van der Waals surface area contributed by atoms with Crippen LogP contribution in [0.15, 0.2) is 24.3 Å². The van der Waals surface area contributed by atoms with Crippen molar-refractivity contribution in [3.8, 4) is 0 Å². The first-order valence-corrected chi connectivity index (χ1v) is 7.70. The first-order valence-electron chi connectivity index (χ1n) is 6.88. The third kappa shape index (κ3) is 2.56. The number of nitrogens with one attached hydrogen (secondary N) is 1. The van der Waals surface area contributed by atoms with E-state index in [0.717, 1.165) is 30.4 Å². The average molecular weight is 300 g/mol. The van der Waals surface area contributed by atoms with Crippen LogP contribution in [-0.2, 0) is 12.8 Å². The molecule has 21 heavy (non-hydrogen) atoms. The van der Waals surface area contributed by atoms with E-state index < -0.39 is 5.91 Å². The van der Waals surface area contributed by atoms with Crippen molar-refractivity contribution in [2.45, 2.75) is 26.2 Å². The summed E-state index contributed by atoms with van der Waals surface area (Å²) in [6, 6.07) is 7.35. The van der Waals surface area contributed by atoms with Crippen molar-refractivity contribution >= 4 is 28.2 Å². The molecule has 0 spiro atoms. The highest BCUT2D eigenvalue weighted by Crippen LogP contribution is 2.38. The smallest absolute Gasteiger partial charge is 0.256 e. The Bertz CT molecular complexity index is 734. The zero-order chi connectivity index (χ0) is 15.0. The maximum atomic E-state index is 12.3. The summed E-state index contributed by atoms with van der Waals surface area (Å²) in [5.74, 6) is -0.671. The van der Waals surface area contributed by atoms with E-state index in [4.69, 9.17) is 5.73 Å². The van der Waals surface area contributed by atoms with Gasteiger partial charge in [0.1, 0.15) is 5.00 Å². The van der Waals surface area contributed by atoms with Crippen LogP contribution in [0.1, 0.15) is 43.1 Å². The van der Waals surface area contributed by atoms with Crippen molar-refractivity contribution in [2.24, 2.45) is 5.73 Å². The van der Waals surface area contributed by atoms with Gasteiger partial charge in [-0.2, -0.15) is 0 Å². The van der Waals surface area contributed by atoms with Crippen LogP contribution in [0.4, 0.5) is 5.00 Å². The van der Waals surface area contributed by atoms with Crippen molar-refractivity contribution in [2.75, 3.05) is 5.32 Å². The molecular formula is C16H16N2O2S. The number of thiophene rings is 1. The van der Waals surface area contributed by atoms with Gasteiger partial charge in [-0.1, -0.05) is 17.7 Å². The summed E-state index contributed by atoms with van der Waals surface area (Å²) in [6.07, 6.45) is 2.87. The van der Waals surface area contributed by atoms with Gasteiger partial charge in [0.15, 0.2) is 0 Å². The third-order valence-electron chi connectivity index (χ3n) is 3.68. The number of amides is 2. The molecule has 4 nitrogen and oxygen atoms in total. The first-order chi connectivity index (χ1) is 10.1. The lowest BCUT2D eigenvalue weighted by Gasteiger charge is -2.06. The van der Waals surface area contributed by atoms with E-state index in [1.54, 1.807) is 6.07 Å². The molecule has 0 atom stereocenters. The molecule has 0 fully saturated rings. The van der Waals surface area contributed by atoms with Crippen molar-refractivity contribution in [3.63, 3.8) is 0 Å². The summed E-state index contributed by atoms with van der Waals surface area (Å²) >= 11 is 1.47. The van der Waals surface area contributed by atoms with Crippen LogP contribution in [0.5, 0.6) is 0 Å². The van der Waals surface area contributed by atoms with Crippen molar-refractivity contribution in [1.82, 2.24) is 0 Å². The lowest BCUT2D eigenvalue weighted by molar-refractivity contribution is 0.100. The van der Waals surface area contributed by atoms with Crippen LogP contribution in [0.3, 0.4) is 0 Å². The Morgan fingerprint density at radius 2 is 2.10 bits per heavy atom. The number of carbonyl (C=O) groups is 2. The minimum absolute atomic E-state index is 0.207. The average Bonchev–Trinajstić information content (AvgIpc) is 2.98. The highest BCUT2D eigenvalue weighted by molar-refractivity contribution is 7.17. The number of hydrogen-bond donors (Lipinski definition) is 2. The number of rotatable bonds is 3. The van der Waals surface area contributed by atoms with Crippen molar-refractivity contribution < 1.29 is 9.59 Å². The first kappa shape index (κ1) is 13.8. The van der Waals surface area contributed by atoms with E-state index in [1.165, 1.54) is 16.2 Å². The molecule has 3 N–H and O–H groups in total. The molecule has 1 aliphatic carbocycles. The molecule has 0 saturated heterocycles. The summed E-state index contributed by atoms with van der Waals surface area (Å²) in [5, 5.41) is 3.43. The number of fused-ring (bicyclic) bond motifs is 1. The van der Waals surface area contributed by atoms with Gasteiger partial charge in [-0.25, -0.2) is 0 Å². The molecule has 1 aromatic carbocycles. The Morgan fingerprint density at radius 3 is 2.81 bits per heavy atom. The van der Waals surface area contributed by atoms with Gasteiger partial charge in [0.25, 0.3) is 11.8 Å². The second kappa shape index (κ2) is 5.33. The van der Waals surface area contributed by atoms with Gasteiger partial charge in [0.05, 0.1) is 5.56 Å². The predicted octanol–water partition coefficient (Wildman–Crippen LogP) is 2.90. The fourth-order valence-corrected chi connectivity index (χ4v) is 4.00. The second-order valence-corrected chi connectivity index (χ2v) is 6.35. The molecule has 1 aliphatic rings. The van der Waals surface area contributed by atoms with Gasteiger partial charge in [-0.3, -0.25) is 9.59 Å². The zero-order valence-electron chi connectivity index (χ0n) is 11.7. The third-order valence-corrected chi connectivity index (χ3v) is 4.88. The van der Waals surface area contributed by atoms with Gasteiger partial charge >= 0.3 is 0 Å². The standard InChI is InChI=1S/C16H16N2O2S/c1-9-4-2-5-10(8-9)15(20)18-16-13(14(17)19)11-6-3-7-12(11)21-16/h2,4-5,8H,3,6-7H2,1H3,(H2,17,19)(H,18,20). The Morgan fingerprint density at radius 1 is 1.29 bits per heavy atom. The number of nitrogens with two attached hydrogens (primary N) is 1. The minimum Gasteiger partial charge on any atom is -0.365 e. The van der Waals surface area contributed by atoms with Crippen LogP contribution in [0.2, 0.25) is 0 Å². The molecule has 2 amide bonds. The maximum absolute atomic E-state index is 12.3. The van der Waals surface area contributed by atoms with Crippen LogP contribution in [0.25, 0.3) is 0 Å². The number of benzene rings is 1. The van der Waals surface area contributed by atoms with Crippen molar-refractivity contribution in [3.05, 3.63) is 51.4 Å². The number of carbonyl (C=O) groups excluding carboxylic acids is 2. The minimum atomic E-state index is -0.464. The molecule has 5 heteroatoms. The van der Waals surface area contributed by atoms with Gasteiger partial charge in [-0.15, -0.1) is 11.3 Å². The monoisotopic (exact) mass is 300 g/mol. The summed E-state index contributed by atoms with van der Waals surface area (Å²) in [4.78, 5) is 25.2. The normalized spacial score (nSPS) is 13.0. The highest BCUT2D eigenvalue weighted by atomic mass is 32.1. The topological polar surface area (TPSA) is 72.2 Å². The molecule has 0 saturated carbocycles. The molecule has 2 aromatic rings. The Labute approximate surface area is 127 Å². The van der Waals surface area contributed by atoms with Crippen LogP contribution < -0.4 is 11.1 Å². The van der Waals surface area contributed by atoms with Crippen LogP contribution in [0, 0.1) is 6.92 Å². The van der Waals surface area contributed by atoms with Gasteiger partial charge in [0, 0.05) is 10.4 Å². The largest absolute Gasteiger partial charge is 0.365 e. The lowest BCUT2D eigenvalue weighted by atomic mass is 10.1. The Hall–Kier alpha value is -2.14. The van der Waals surface area contributed by atoms with E-state index in [9.17, 15) is 9.59 Å². The molecule has 0 aliphatic heterocycles. The van der Waals surface area contributed by atoms with Crippen molar-refractivity contribution in [1.29, 1.82) is 0 Å². The van der Waals surface area contributed by atoms with E-state index in [2.05, 4.69) is 5.32 Å². The van der Waals surface area contributed by atoms with E-state index in [-0.39, 0.29) is 5.91 Å². The SMILES string of the molecule is Cc1cccc(C(=O)Nc2sc3c(c2C(N)=O)CCC3)c1. The number of hydrogen-bond acceptors (Lipinski definition) is 3. The van der Waals surface area contributed by atoms with E-state index >= 15 is 0 Å². The maximum Gasteiger partial charge on any atom is 0.256 e. The Kier molecular flexibility index (Phi) is 3.51. The van der Waals surface area contributed by atoms with Gasteiger partial charge in [0.2, 0.25) is 0 Å². The number of aryl methyl sites for hydroxylation is 2. The van der Waals surface area contributed by atoms with Crippen LogP contribution in [-0.4, -0.2) is 11.8 Å². The second-order valence-electron chi connectivity index (χ2n) is 5.25. The van der Waals surface area contributed by atoms with Crippen LogP contribution >= 0.6 is 11.3 Å². The fourth-order valence-electron chi connectivity index (χ4n) is 2.71. The Balaban J connectivity index is 1.92. The molecule has 0 unspecified atom stereocenters. The summed E-state index contributed by atoms with van der Waals surface area (Å²) in [7, 11) is 0. The number of primary amides is 1. The van der Waals surface area contributed by atoms with E-state index in [0.29, 0.717) is 16.1 Å². The lowest BCUT2D eigenvalue weighted by Crippen LogP contribution is -2.17. The molecule has 108 valence electrons. The quantitative estimate of drug-likeness (QED) is 0.915. The van der Waals surface area contributed by atoms with Gasteiger partial charge < -0.3 is 11.1 Å². The summed E-state index contributed by atoms with van der Waals surface area (Å²) in [5.41, 5.74) is 8.60. The van der Waals surface area contributed by atoms with Gasteiger partial charge in [-0.05, 0) is 43.9 Å². The molecular weight excluding hydrogens is 284 g/mol. The molecule has 0 bridgehead atoms. The summed E-state index contributed by atoms with van der Waals surface area (Å²) < 4.78 is 0. The highest BCUT2D eigenvalue weighted by Gasteiger charge is 2.26. The number of anilines is 1.